The molecule has 1 heterocycles. The van der Waals surface area contributed by atoms with Crippen LogP contribution >= 0.6 is 11.6 Å². The predicted molar refractivity (Wildman–Crippen MR) is 88.7 cm³/mol. The Labute approximate surface area is 138 Å². The molecule has 6 nitrogen and oxygen atoms in total. The van der Waals surface area contributed by atoms with Gasteiger partial charge in [0.2, 0.25) is 6.23 Å². The minimum absolute atomic E-state index is 0.113. The zero-order valence-corrected chi connectivity index (χ0v) is 13.1. The van der Waals surface area contributed by atoms with Gasteiger partial charge in [-0.05, 0) is 25.1 Å². The van der Waals surface area contributed by atoms with E-state index in [1.54, 1.807) is 11.1 Å². The maximum Gasteiger partial charge on any atom is 0.322 e. The number of nitrogens with two attached hydrogens (primary N) is 1. The molecule has 2 aromatic carbocycles. The summed E-state index contributed by atoms with van der Waals surface area (Å²) in [7, 11) is 0. The van der Waals surface area contributed by atoms with Gasteiger partial charge in [0.25, 0.3) is 0 Å². The number of anilines is 1. The fourth-order valence-electron chi connectivity index (χ4n) is 2.25. The molecule has 0 saturated heterocycles. The number of hydrogen-bond acceptors (Lipinski definition) is 5. The van der Waals surface area contributed by atoms with Crippen molar-refractivity contribution >= 4 is 29.1 Å². The second kappa shape index (κ2) is 6.28. The highest BCUT2D eigenvalue weighted by molar-refractivity contribution is 6.36. The van der Waals surface area contributed by atoms with E-state index >= 15 is 0 Å². The normalized spacial score (nSPS) is 16.7. The molecule has 0 fully saturated rings. The predicted octanol–water partition coefficient (Wildman–Crippen LogP) is 2.49. The van der Waals surface area contributed by atoms with Gasteiger partial charge in [0.15, 0.2) is 0 Å². The number of ether oxygens (including phenoxy) is 1. The summed E-state index contributed by atoms with van der Waals surface area (Å²) in [6.07, 6.45) is -0.640. The molecule has 0 bridgehead atoms. The Kier molecular flexibility index (Phi) is 4.18. The zero-order valence-electron chi connectivity index (χ0n) is 12.4. The van der Waals surface area contributed by atoms with Gasteiger partial charge in [-0.25, -0.2) is 10.9 Å². The Morgan fingerprint density at radius 3 is 2.61 bits per heavy atom. The molecule has 1 unspecified atom stereocenters. The van der Waals surface area contributed by atoms with E-state index in [-0.39, 0.29) is 5.90 Å². The first kappa shape index (κ1) is 15.3. The van der Waals surface area contributed by atoms with Crippen molar-refractivity contribution in [2.75, 3.05) is 5.01 Å². The Bertz CT molecular complexity index is 761. The van der Waals surface area contributed by atoms with Gasteiger partial charge in [-0.3, -0.25) is 10.2 Å². The van der Waals surface area contributed by atoms with Crippen LogP contribution in [0.2, 0.25) is 5.02 Å². The van der Waals surface area contributed by atoms with Gasteiger partial charge in [0, 0.05) is 10.6 Å². The van der Waals surface area contributed by atoms with Crippen LogP contribution in [-0.4, -0.2) is 11.8 Å². The molecule has 0 saturated carbocycles. The summed E-state index contributed by atoms with van der Waals surface area (Å²) in [5, 5.41) is 6.36. The van der Waals surface area contributed by atoms with Crippen LogP contribution < -0.4 is 16.3 Å². The largest absolute Gasteiger partial charge is 0.442 e. The Balaban J connectivity index is 2.02. The van der Waals surface area contributed by atoms with Crippen molar-refractivity contribution < 1.29 is 9.53 Å². The molecule has 0 aliphatic carbocycles. The molecule has 1 amide bonds. The van der Waals surface area contributed by atoms with Gasteiger partial charge in [-0.15, -0.1) is 5.10 Å². The van der Waals surface area contributed by atoms with Crippen LogP contribution in [0.25, 0.3) is 0 Å². The lowest BCUT2D eigenvalue weighted by molar-refractivity contribution is -0.116. The third-order valence-corrected chi connectivity index (χ3v) is 3.78. The van der Waals surface area contributed by atoms with Crippen LogP contribution in [0.1, 0.15) is 17.4 Å². The Morgan fingerprint density at radius 1 is 1.26 bits per heavy atom. The van der Waals surface area contributed by atoms with Crippen molar-refractivity contribution in [3.63, 3.8) is 0 Å². The molecule has 118 valence electrons. The first-order valence-electron chi connectivity index (χ1n) is 6.96. The summed E-state index contributed by atoms with van der Waals surface area (Å²) in [5.41, 5.74) is 4.62. The number of benzene rings is 2. The molecule has 3 N–H and O–H groups in total. The highest BCUT2D eigenvalue weighted by Gasteiger charge is 2.34. The van der Waals surface area contributed by atoms with Crippen molar-refractivity contribution in [3.8, 4) is 0 Å². The number of aryl methyl sites for hydroxylation is 1. The van der Waals surface area contributed by atoms with Crippen molar-refractivity contribution in [1.29, 1.82) is 0 Å². The molecule has 1 atom stereocenters. The van der Waals surface area contributed by atoms with E-state index in [4.69, 9.17) is 22.2 Å². The van der Waals surface area contributed by atoms with Crippen LogP contribution in [-0.2, 0) is 9.53 Å². The van der Waals surface area contributed by atoms with Crippen LogP contribution in [0.4, 0.5) is 5.69 Å². The van der Waals surface area contributed by atoms with Crippen LogP contribution in [0.5, 0.6) is 0 Å². The number of hydrogen-bond donors (Lipinski definition) is 2. The quantitative estimate of drug-likeness (QED) is 0.515. The van der Waals surface area contributed by atoms with E-state index in [2.05, 4.69) is 5.10 Å². The minimum Gasteiger partial charge on any atom is -0.442 e. The number of carbonyl (C=O) groups excluding carboxylic acids is 1. The maximum absolute atomic E-state index is 11.8. The summed E-state index contributed by atoms with van der Waals surface area (Å²) in [5.74, 6) is 4.45. The average molecular weight is 331 g/mol. The van der Waals surface area contributed by atoms with E-state index in [9.17, 15) is 4.79 Å². The average Bonchev–Trinajstić information content (AvgIpc) is 3.00. The Morgan fingerprint density at radius 2 is 1.96 bits per heavy atom. The van der Waals surface area contributed by atoms with Crippen molar-refractivity contribution in [2.45, 2.75) is 13.2 Å². The fourth-order valence-corrected chi connectivity index (χ4v) is 2.48. The van der Waals surface area contributed by atoms with Gasteiger partial charge in [0.1, 0.15) is 0 Å². The SMILES string of the molecule is Cc1ccc(N2N=C(C(=O)NN)OC2c2ccccc2Cl)cc1. The maximum atomic E-state index is 11.8. The molecule has 0 spiro atoms. The fraction of sp³-hybridized carbons (Fsp3) is 0.125. The van der Waals surface area contributed by atoms with Crippen LogP contribution in [0.3, 0.4) is 0 Å². The lowest BCUT2D eigenvalue weighted by Crippen LogP contribution is -2.36. The summed E-state index contributed by atoms with van der Waals surface area (Å²) in [6.45, 7) is 1.99. The van der Waals surface area contributed by atoms with Crippen molar-refractivity contribution in [2.24, 2.45) is 10.9 Å². The van der Waals surface area contributed by atoms with Gasteiger partial charge >= 0.3 is 11.8 Å². The van der Waals surface area contributed by atoms with Gasteiger partial charge < -0.3 is 4.74 Å². The van der Waals surface area contributed by atoms with Crippen molar-refractivity contribution in [1.82, 2.24) is 5.43 Å². The monoisotopic (exact) mass is 330 g/mol. The van der Waals surface area contributed by atoms with E-state index < -0.39 is 12.1 Å². The van der Waals surface area contributed by atoms with E-state index in [0.717, 1.165) is 11.3 Å². The lowest BCUT2D eigenvalue weighted by atomic mass is 10.1. The second-order valence-corrected chi connectivity index (χ2v) is 5.46. The highest BCUT2D eigenvalue weighted by Crippen LogP contribution is 2.36. The van der Waals surface area contributed by atoms with Crippen LogP contribution in [0.15, 0.2) is 53.6 Å². The third-order valence-electron chi connectivity index (χ3n) is 3.44. The van der Waals surface area contributed by atoms with Gasteiger partial charge in [0.05, 0.1) is 5.69 Å². The van der Waals surface area contributed by atoms with E-state index in [1.807, 2.05) is 54.8 Å². The third kappa shape index (κ3) is 2.99. The molecule has 1 aliphatic heterocycles. The van der Waals surface area contributed by atoms with Gasteiger partial charge in [-0.2, -0.15) is 0 Å². The standard InChI is InChI=1S/C16H15ClN4O2/c1-10-6-8-11(9-7-10)21-16(12-4-2-3-5-13(12)17)23-15(20-21)14(22)19-18/h2-9,16H,18H2,1H3,(H,19,22). The number of halogens is 1. The molecule has 3 rings (SSSR count). The molecular weight excluding hydrogens is 316 g/mol. The number of rotatable bonds is 3. The first-order valence-corrected chi connectivity index (χ1v) is 7.34. The number of hydrazine groups is 1. The minimum atomic E-state index is -0.640. The number of hydrazone groups is 1. The molecule has 23 heavy (non-hydrogen) atoms. The number of carbonyl (C=O) groups is 1. The second-order valence-electron chi connectivity index (χ2n) is 5.05. The molecule has 1 aliphatic rings. The lowest BCUT2D eigenvalue weighted by Gasteiger charge is -2.23. The van der Waals surface area contributed by atoms with Crippen LogP contribution in [0, 0.1) is 6.92 Å². The molecular formula is C16H15ClN4O2. The molecule has 0 radical (unpaired) electrons. The highest BCUT2D eigenvalue weighted by atomic mass is 35.5. The van der Waals surface area contributed by atoms with E-state index in [0.29, 0.717) is 10.6 Å². The summed E-state index contributed by atoms with van der Waals surface area (Å²) >= 11 is 6.26. The molecule has 2 aromatic rings. The summed E-state index contributed by atoms with van der Waals surface area (Å²) in [4.78, 5) is 11.8. The topological polar surface area (TPSA) is 80.0 Å². The summed E-state index contributed by atoms with van der Waals surface area (Å²) < 4.78 is 5.68. The Hall–Kier alpha value is -2.57. The molecule has 0 aromatic heterocycles. The molecule has 7 heteroatoms. The summed E-state index contributed by atoms with van der Waals surface area (Å²) in [6, 6.07) is 15.0. The van der Waals surface area contributed by atoms with E-state index in [1.165, 1.54) is 0 Å². The van der Waals surface area contributed by atoms with Crippen molar-refractivity contribution in [3.05, 3.63) is 64.7 Å². The number of nitrogens with one attached hydrogen (secondary N) is 1. The first-order chi connectivity index (χ1) is 11.1. The number of nitrogens with zero attached hydrogens (tertiary/aromatic N) is 2. The van der Waals surface area contributed by atoms with Gasteiger partial charge in [-0.1, -0.05) is 47.5 Å². The smallest absolute Gasteiger partial charge is 0.322 e. The zero-order chi connectivity index (χ0) is 16.4. The number of amides is 1.